The maximum atomic E-state index is 10.8. The van der Waals surface area contributed by atoms with Gasteiger partial charge in [-0.25, -0.2) is 4.79 Å². The van der Waals surface area contributed by atoms with E-state index in [2.05, 4.69) is 0 Å². The molecule has 0 radical (unpaired) electrons. The van der Waals surface area contributed by atoms with Gasteiger partial charge in [-0.1, -0.05) is 13.0 Å². The second-order valence-electron chi connectivity index (χ2n) is 2.98. The van der Waals surface area contributed by atoms with Gasteiger partial charge in [0.15, 0.2) is 29.5 Å². The van der Waals surface area contributed by atoms with Gasteiger partial charge in [-0.2, -0.15) is 0 Å². The zero-order valence-corrected chi connectivity index (χ0v) is 9.15. The van der Waals surface area contributed by atoms with E-state index in [-0.39, 0.29) is 11.5 Å². The van der Waals surface area contributed by atoms with Crippen LogP contribution in [-0.4, -0.2) is 19.3 Å². The minimum atomic E-state index is 0.132. The first-order chi connectivity index (χ1) is 7.76. The molecule has 0 unspecified atom stereocenters. The van der Waals surface area contributed by atoms with Crippen LogP contribution in [0.5, 0.6) is 11.5 Å². The van der Waals surface area contributed by atoms with E-state index in [1.54, 1.807) is 31.1 Å². The standard InChI is InChI=1S/C12H12O4/c1-3-10(8-14)16-12-9(7-13)5-4-6-11(12)15-2/h4-7H,3H2,1-2H3. The van der Waals surface area contributed by atoms with Gasteiger partial charge in [-0.15, -0.1) is 0 Å². The fourth-order valence-electron chi connectivity index (χ4n) is 1.18. The highest BCUT2D eigenvalue weighted by Crippen LogP contribution is 2.31. The minimum absolute atomic E-state index is 0.132. The smallest absolute Gasteiger partial charge is 0.187 e. The van der Waals surface area contributed by atoms with Crippen LogP contribution in [0.15, 0.2) is 24.0 Å². The van der Waals surface area contributed by atoms with Crippen LogP contribution in [0.25, 0.3) is 0 Å². The molecule has 0 aliphatic carbocycles. The molecule has 0 saturated heterocycles. The monoisotopic (exact) mass is 220 g/mol. The van der Waals surface area contributed by atoms with Crippen molar-refractivity contribution in [2.24, 2.45) is 0 Å². The average molecular weight is 220 g/mol. The maximum absolute atomic E-state index is 10.8. The van der Waals surface area contributed by atoms with Gasteiger partial charge in [-0.3, -0.25) is 4.79 Å². The molecule has 0 heterocycles. The van der Waals surface area contributed by atoms with Crippen LogP contribution in [0.4, 0.5) is 0 Å². The molecule has 4 nitrogen and oxygen atoms in total. The van der Waals surface area contributed by atoms with Crippen LogP contribution >= 0.6 is 0 Å². The van der Waals surface area contributed by atoms with Gasteiger partial charge in [0.2, 0.25) is 0 Å². The Bertz CT molecular complexity index is 431. The second-order valence-corrected chi connectivity index (χ2v) is 2.98. The van der Waals surface area contributed by atoms with Crippen molar-refractivity contribution in [1.29, 1.82) is 0 Å². The molecule has 1 aromatic rings. The molecular weight excluding hydrogens is 208 g/mol. The molecule has 1 aromatic carbocycles. The topological polar surface area (TPSA) is 52.6 Å². The molecule has 16 heavy (non-hydrogen) atoms. The van der Waals surface area contributed by atoms with E-state index in [1.165, 1.54) is 7.11 Å². The van der Waals surface area contributed by atoms with Gasteiger partial charge in [0, 0.05) is 6.42 Å². The average Bonchev–Trinajstić information content (AvgIpc) is 2.35. The SMILES string of the molecule is CCC(=C=O)Oc1c(C=O)cccc1OC. The molecule has 0 aromatic heterocycles. The van der Waals surface area contributed by atoms with E-state index in [0.717, 1.165) is 0 Å². The lowest BCUT2D eigenvalue weighted by Crippen LogP contribution is -2.00. The van der Waals surface area contributed by atoms with Gasteiger partial charge in [0.25, 0.3) is 0 Å². The fraction of sp³-hybridized carbons (Fsp3) is 0.250. The van der Waals surface area contributed by atoms with Crippen molar-refractivity contribution in [3.05, 3.63) is 29.5 Å². The third-order valence-corrected chi connectivity index (χ3v) is 2.02. The van der Waals surface area contributed by atoms with Crippen LogP contribution in [0, 0.1) is 0 Å². The molecule has 0 fully saturated rings. The Morgan fingerprint density at radius 1 is 1.50 bits per heavy atom. The first kappa shape index (κ1) is 12.0. The Morgan fingerprint density at radius 2 is 2.25 bits per heavy atom. The summed E-state index contributed by atoms with van der Waals surface area (Å²) in [6.07, 6.45) is 1.05. The number of benzene rings is 1. The van der Waals surface area contributed by atoms with Crippen LogP contribution in [0.2, 0.25) is 0 Å². The van der Waals surface area contributed by atoms with Gasteiger partial charge in [0.05, 0.1) is 12.7 Å². The molecule has 0 atom stereocenters. The number of hydrogen-bond acceptors (Lipinski definition) is 4. The quantitative estimate of drug-likeness (QED) is 0.432. The first-order valence-electron chi connectivity index (χ1n) is 4.80. The summed E-state index contributed by atoms with van der Waals surface area (Å²) in [6.45, 7) is 1.76. The van der Waals surface area contributed by atoms with Crippen molar-refractivity contribution in [1.82, 2.24) is 0 Å². The van der Waals surface area contributed by atoms with Crippen molar-refractivity contribution in [2.75, 3.05) is 7.11 Å². The van der Waals surface area contributed by atoms with E-state index in [0.29, 0.717) is 24.0 Å². The number of para-hydroxylation sites is 1. The van der Waals surface area contributed by atoms with Gasteiger partial charge in [-0.05, 0) is 12.1 Å². The lowest BCUT2D eigenvalue weighted by Gasteiger charge is -2.11. The molecule has 0 bridgehead atoms. The van der Waals surface area contributed by atoms with E-state index in [1.807, 2.05) is 0 Å². The third kappa shape index (κ3) is 2.49. The number of allylic oxidation sites excluding steroid dienone is 1. The van der Waals surface area contributed by atoms with Crippen molar-refractivity contribution < 1.29 is 19.1 Å². The number of methoxy groups -OCH3 is 1. The number of carbonyl (C=O) groups is 1. The zero-order valence-electron chi connectivity index (χ0n) is 9.15. The summed E-state index contributed by atoms with van der Waals surface area (Å²) < 4.78 is 10.3. The molecule has 0 aliphatic rings. The van der Waals surface area contributed by atoms with Crippen molar-refractivity contribution in [2.45, 2.75) is 13.3 Å². The summed E-state index contributed by atoms with van der Waals surface area (Å²) in [5, 5.41) is 0. The number of aldehydes is 1. The van der Waals surface area contributed by atoms with Crippen LogP contribution in [0.1, 0.15) is 23.7 Å². The van der Waals surface area contributed by atoms with Crippen molar-refractivity contribution in [3.8, 4) is 11.5 Å². The van der Waals surface area contributed by atoms with E-state index in [4.69, 9.17) is 9.47 Å². The predicted molar refractivity (Wildman–Crippen MR) is 58.5 cm³/mol. The van der Waals surface area contributed by atoms with Crippen LogP contribution in [-0.2, 0) is 4.79 Å². The molecule has 1 rings (SSSR count). The highest BCUT2D eigenvalue weighted by molar-refractivity contribution is 5.81. The molecule has 0 saturated carbocycles. The molecule has 0 spiro atoms. The summed E-state index contributed by atoms with van der Waals surface area (Å²) in [5.74, 6) is 2.47. The van der Waals surface area contributed by atoms with E-state index in [9.17, 15) is 9.59 Å². The lowest BCUT2D eigenvalue weighted by molar-refractivity contribution is 0.112. The molecule has 0 aliphatic heterocycles. The van der Waals surface area contributed by atoms with E-state index < -0.39 is 0 Å². The molecule has 0 amide bonds. The predicted octanol–water partition coefficient (Wildman–Crippen LogP) is 2.01. The summed E-state index contributed by atoms with van der Waals surface area (Å²) in [5.41, 5.74) is 0.334. The van der Waals surface area contributed by atoms with Crippen LogP contribution in [0.3, 0.4) is 0 Å². The lowest BCUT2D eigenvalue weighted by atomic mass is 10.2. The summed E-state index contributed by atoms with van der Waals surface area (Å²) in [7, 11) is 1.47. The van der Waals surface area contributed by atoms with Crippen molar-refractivity contribution >= 4 is 12.2 Å². The molecule has 4 heteroatoms. The Kier molecular flexibility index (Phi) is 4.30. The normalized spacial score (nSPS) is 9.12. The largest absolute Gasteiger partial charge is 0.493 e. The van der Waals surface area contributed by atoms with Gasteiger partial charge in [0.1, 0.15) is 0 Å². The maximum Gasteiger partial charge on any atom is 0.187 e. The number of carbonyl (C=O) groups excluding carboxylic acids is 2. The number of rotatable bonds is 5. The summed E-state index contributed by atoms with van der Waals surface area (Å²) in [4.78, 5) is 21.3. The van der Waals surface area contributed by atoms with Gasteiger partial charge >= 0.3 is 0 Å². The zero-order chi connectivity index (χ0) is 12.0. The first-order valence-corrected chi connectivity index (χ1v) is 4.80. The highest BCUT2D eigenvalue weighted by Gasteiger charge is 2.12. The Balaban J connectivity index is 3.18. The fourth-order valence-corrected chi connectivity index (χ4v) is 1.18. The Labute approximate surface area is 93.5 Å². The number of ether oxygens (including phenoxy) is 2. The summed E-state index contributed by atoms with van der Waals surface area (Å²) >= 11 is 0. The second kappa shape index (κ2) is 5.73. The van der Waals surface area contributed by atoms with E-state index >= 15 is 0 Å². The minimum Gasteiger partial charge on any atom is -0.493 e. The Hall–Kier alpha value is -2.06. The van der Waals surface area contributed by atoms with Crippen molar-refractivity contribution in [3.63, 3.8) is 0 Å². The Morgan fingerprint density at radius 3 is 2.75 bits per heavy atom. The summed E-state index contributed by atoms with van der Waals surface area (Å²) in [6, 6.07) is 4.91. The molecule has 84 valence electrons. The molecular formula is C12H12O4. The highest BCUT2D eigenvalue weighted by atomic mass is 16.5. The molecule has 0 N–H and O–H groups in total. The van der Waals surface area contributed by atoms with Crippen LogP contribution < -0.4 is 9.47 Å². The third-order valence-electron chi connectivity index (χ3n) is 2.02. The van der Waals surface area contributed by atoms with Gasteiger partial charge < -0.3 is 9.47 Å². The number of hydrogen-bond donors (Lipinski definition) is 0.